The molecular weight excluding hydrogens is 182 g/mol. The predicted octanol–water partition coefficient (Wildman–Crippen LogP) is 0.965. The maximum absolute atomic E-state index is 9.51. The number of hydrogen-bond donors (Lipinski definition) is 2. The topological polar surface area (TPSA) is 85.2 Å². The molecule has 1 heterocycles. The van der Waals surface area contributed by atoms with E-state index in [1.165, 1.54) is 0 Å². The van der Waals surface area contributed by atoms with Gasteiger partial charge in [-0.15, -0.1) is 0 Å². The molecule has 0 bridgehead atoms. The summed E-state index contributed by atoms with van der Waals surface area (Å²) < 4.78 is 4.94. The summed E-state index contributed by atoms with van der Waals surface area (Å²) in [5, 5.41) is 13.3. The molecule has 1 aromatic rings. The molecule has 1 rings (SSSR count). The van der Waals surface area contributed by atoms with E-state index in [9.17, 15) is 5.11 Å². The van der Waals surface area contributed by atoms with Gasteiger partial charge in [0.1, 0.15) is 6.10 Å². The van der Waals surface area contributed by atoms with Crippen molar-refractivity contribution in [1.29, 1.82) is 0 Å². The van der Waals surface area contributed by atoms with Crippen molar-refractivity contribution in [3.63, 3.8) is 0 Å². The molecule has 5 heteroatoms. The Morgan fingerprint density at radius 3 is 2.86 bits per heavy atom. The third kappa shape index (κ3) is 2.52. The molecular formula is C9H17N3O2. The van der Waals surface area contributed by atoms with Crippen molar-refractivity contribution in [2.24, 2.45) is 5.73 Å². The largest absolute Gasteiger partial charge is 0.383 e. The van der Waals surface area contributed by atoms with Crippen LogP contribution >= 0.6 is 0 Å². The molecule has 80 valence electrons. The Labute approximate surface area is 83.3 Å². The van der Waals surface area contributed by atoms with E-state index >= 15 is 0 Å². The van der Waals surface area contributed by atoms with Gasteiger partial charge < -0.3 is 15.4 Å². The van der Waals surface area contributed by atoms with Gasteiger partial charge in [0.05, 0.1) is 0 Å². The van der Waals surface area contributed by atoms with Gasteiger partial charge in [-0.2, -0.15) is 4.98 Å². The van der Waals surface area contributed by atoms with E-state index in [2.05, 4.69) is 17.1 Å². The highest BCUT2D eigenvalue weighted by atomic mass is 16.5. The summed E-state index contributed by atoms with van der Waals surface area (Å²) >= 11 is 0. The van der Waals surface area contributed by atoms with Gasteiger partial charge >= 0.3 is 0 Å². The van der Waals surface area contributed by atoms with Crippen molar-refractivity contribution in [1.82, 2.24) is 10.1 Å². The molecule has 0 fully saturated rings. The highest BCUT2D eigenvalue weighted by molar-refractivity contribution is 4.95. The van der Waals surface area contributed by atoms with Crippen LogP contribution in [-0.4, -0.2) is 21.8 Å². The molecule has 14 heavy (non-hydrogen) atoms. The lowest BCUT2D eigenvalue weighted by Gasteiger charge is -2.02. The Kier molecular flexibility index (Phi) is 4.03. The Hall–Kier alpha value is -0.940. The number of aliphatic hydroxyl groups is 1. The monoisotopic (exact) mass is 199 g/mol. The van der Waals surface area contributed by atoms with E-state index in [-0.39, 0.29) is 11.8 Å². The van der Waals surface area contributed by atoms with E-state index in [0.717, 1.165) is 6.42 Å². The van der Waals surface area contributed by atoms with Crippen molar-refractivity contribution in [3.8, 4) is 0 Å². The number of hydrogen-bond acceptors (Lipinski definition) is 5. The number of aliphatic hydroxyl groups excluding tert-OH is 1. The van der Waals surface area contributed by atoms with Gasteiger partial charge in [0.15, 0.2) is 5.82 Å². The van der Waals surface area contributed by atoms with Crippen LogP contribution in [-0.2, 0) is 0 Å². The van der Waals surface area contributed by atoms with Gasteiger partial charge in [-0.1, -0.05) is 19.0 Å². The smallest absolute Gasteiger partial charge is 0.255 e. The van der Waals surface area contributed by atoms with Crippen LogP contribution in [0.15, 0.2) is 4.52 Å². The van der Waals surface area contributed by atoms with Crippen LogP contribution in [0, 0.1) is 0 Å². The second-order valence-corrected chi connectivity index (χ2v) is 3.39. The first-order valence-electron chi connectivity index (χ1n) is 4.90. The van der Waals surface area contributed by atoms with Crippen LogP contribution < -0.4 is 5.73 Å². The molecule has 2 atom stereocenters. The molecule has 0 amide bonds. The van der Waals surface area contributed by atoms with E-state index in [0.29, 0.717) is 18.8 Å². The summed E-state index contributed by atoms with van der Waals surface area (Å²) in [6, 6.07) is 0. The summed E-state index contributed by atoms with van der Waals surface area (Å²) in [5.74, 6) is 1.18. The molecule has 1 unspecified atom stereocenters. The molecule has 0 aliphatic rings. The lowest BCUT2D eigenvalue weighted by molar-refractivity contribution is 0.127. The summed E-state index contributed by atoms with van der Waals surface area (Å²) in [6.45, 7) is 4.48. The van der Waals surface area contributed by atoms with Crippen LogP contribution in [0.3, 0.4) is 0 Å². The fraction of sp³-hybridized carbons (Fsp3) is 0.778. The Bertz CT molecular complexity index is 275. The highest BCUT2D eigenvalue weighted by Crippen LogP contribution is 2.19. The molecule has 0 aliphatic carbocycles. The average molecular weight is 199 g/mol. The van der Waals surface area contributed by atoms with Crippen LogP contribution in [0.4, 0.5) is 0 Å². The summed E-state index contributed by atoms with van der Waals surface area (Å²) in [4.78, 5) is 4.12. The van der Waals surface area contributed by atoms with Gasteiger partial charge in [0, 0.05) is 5.92 Å². The minimum Gasteiger partial charge on any atom is -0.383 e. The Morgan fingerprint density at radius 2 is 2.29 bits per heavy atom. The maximum Gasteiger partial charge on any atom is 0.255 e. The van der Waals surface area contributed by atoms with Crippen molar-refractivity contribution in [2.45, 2.75) is 38.7 Å². The number of aromatic nitrogens is 2. The summed E-state index contributed by atoms with van der Waals surface area (Å²) in [6.07, 6.45) is 0.666. The van der Waals surface area contributed by atoms with Crippen LogP contribution in [0.1, 0.15) is 50.4 Å². The molecule has 0 saturated heterocycles. The standard InChI is InChI=1S/C9H17N3O2/c1-3-6(2)8-11-9(14-12-8)7(13)4-5-10/h6-7,13H,3-5,10H2,1-2H3/t6?,7-/m0/s1. The number of rotatable bonds is 5. The SMILES string of the molecule is CCC(C)c1noc([C@@H](O)CCN)n1. The highest BCUT2D eigenvalue weighted by Gasteiger charge is 2.17. The molecule has 0 aliphatic heterocycles. The minimum atomic E-state index is -0.731. The van der Waals surface area contributed by atoms with Crippen LogP contribution in [0.5, 0.6) is 0 Å². The minimum absolute atomic E-state index is 0.262. The third-order valence-electron chi connectivity index (χ3n) is 2.24. The normalized spacial score (nSPS) is 15.4. The first-order chi connectivity index (χ1) is 6.69. The maximum atomic E-state index is 9.51. The van der Waals surface area contributed by atoms with Crippen molar-refractivity contribution in [3.05, 3.63) is 11.7 Å². The van der Waals surface area contributed by atoms with Crippen molar-refractivity contribution < 1.29 is 9.63 Å². The number of nitrogens with two attached hydrogens (primary N) is 1. The zero-order chi connectivity index (χ0) is 10.6. The van der Waals surface area contributed by atoms with Gasteiger partial charge in [-0.05, 0) is 19.4 Å². The quantitative estimate of drug-likeness (QED) is 0.737. The Balaban J connectivity index is 2.67. The average Bonchev–Trinajstić information content (AvgIpc) is 2.66. The van der Waals surface area contributed by atoms with E-state index in [1.54, 1.807) is 0 Å². The van der Waals surface area contributed by atoms with Gasteiger partial charge in [-0.3, -0.25) is 0 Å². The number of nitrogens with zero attached hydrogens (tertiary/aromatic N) is 2. The zero-order valence-corrected chi connectivity index (χ0v) is 8.60. The van der Waals surface area contributed by atoms with Crippen molar-refractivity contribution in [2.75, 3.05) is 6.54 Å². The second kappa shape index (κ2) is 5.07. The Morgan fingerprint density at radius 1 is 1.57 bits per heavy atom. The van der Waals surface area contributed by atoms with Gasteiger partial charge in [0.25, 0.3) is 5.89 Å². The van der Waals surface area contributed by atoms with Crippen LogP contribution in [0.2, 0.25) is 0 Å². The predicted molar refractivity (Wildman–Crippen MR) is 51.6 cm³/mol. The van der Waals surface area contributed by atoms with Crippen molar-refractivity contribution >= 4 is 0 Å². The molecule has 0 spiro atoms. The second-order valence-electron chi connectivity index (χ2n) is 3.39. The lowest BCUT2D eigenvalue weighted by atomic mass is 10.1. The van der Waals surface area contributed by atoms with E-state index in [1.807, 2.05) is 6.92 Å². The van der Waals surface area contributed by atoms with Gasteiger partial charge in [0.2, 0.25) is 0 Å². The van der Waals surface area contributed by atoms with Gasteiger partial charge in [-0.25, -0.2) is 0 Å². The zero-order valence-electron chi connectivity index (χ0n) is 8.60. The molecule has 0 radical (unpaired) electrons. The molecule has 0 aromatic carbocycles. The first kappa shape index (κ1) is 11.1. The van der Waals surface area contributed by atoms with Crippen LogP contribution in [0.25, 0.3) is 0 Å². The molecule has 1 aromatic heterocycles. The van der Waals surface area contributed by atoms with E-state index in [4.69, 9.17) is 10.3 Å². The first-order valence-corrected chi connectivity index (χ1v) is 4.90. The lowest BCUT2D eigenvalue weighted by Crippen LogP contribution is -2.07. The molecule has 0 saturated carbocycles. The fourth-order valence-corrected chi connectivity index (χ4v) is 1.05. The van der Waals surface area contributed by atoms with E-state index < -0.39 is 6.10 Å². The third-order valence-corrected chi connectivity index (χ3v) is 2.24. The summed E-state index contributed by atoms with van der Waals surface area (Å²) in [7, 11) is 0. The molecule has 3 N–H and O–H groups in total. The summed E-state index contributed by atoms with van der Waals surface area (Å²) in [5.41, 5.74) is 5.31. The molecule has 5 nitrogen and oxygen atoms in total. The fourth-order valence-electron chi connectivity index (χ4n) is 1.05.